The largest absolute Gasteiger partial charge is 0.375 e. The molecule has 54 valence electrons. The Morgan fingerprint density at radius 2 is 2.22 bits per heavy atom. The van der Waals surface area contributed by atoms with Gasteiger partial charge < -0.3 is 10.1 Å². The lowest BCUT2D eigenvalue weighted by molar-refractivity contribution is 0.0922. The lowest BCUT2D eigenvalue weighted by Gasteiger charge is -2.09. The second kappa shape index (κ2) is 3.18. The predicted octanol–water partition coefficient (Wildman–Crippen LogP) is 0.773. The van der Waals surface area contributed by atoms with Crippen molar-refractivity contribution in [1.82, 2.24) is 5.32 Å². The van der Waals surface area contributed by atoms with Crippen LogP contribution in [0.1, 0.15) is 20.3 Å². The average Bonchev–Trinajstić information content (AvgIpc) is 2.69. The molecule has 2 atom stereocenters. The van der Waals surface area contributed by atoms with Gasteiger partial charge in [0.05, 0.1) is 12.7 Å². The number of hydrogen-bond acceptors (Lipinski definition) is 2. The maximum Gasteiger partial charge on any atom is 0.0745 e. The fourth-order valence-corrected chi connectivity index (χ4v) is 1.03. The van der Waals surface area contributed by atoms with Gasteiger partial charge in [0.1, 0.15) is 0 Å². The fraction of sp³-hybridized carbons (Fsp3) is 1.00. The van der Waals surface area contributed by atoms with Gasteiger partial charge in [-0.2, -0.15) is 0 Å². The van der Waals surface area contributed by atoms with Crippen molar-refractivity contribution in [3.05, 3.63) is 0 Å². The first-order valence-electron chi connectivity index (χ1n) is 3.82. The second-order valence-corrected chi connectivity index (χ2v) is 2.21. The third-order valence-electron chi connectivity index (χ3n) is 1.57. The zero-order valence-electron chi connectivity index (χ0n) is 6.18. The number of fused-ring (bicyclic) bond motifs is 1. The highest BCUT2D eigenvalue weighted by Gasteiger charge is 2.39. The Kier molecular flexibility index (Phi) is 2.49. The predicted molar refractivity (Wildman–Crippen MR) is 37.5 cm³/mol. The van der Waals surface area contributed by atoms with Crippen LogP contribution < -0.4 is 5.32 Å². The van der Waals surface area contributed by atoms with E-state index in [-0.39, 0.29) is 0 Å². The van der Waals surface area contributed by atoms with E-state index >= 15 is 0 Å². The third-order valence-corrected chi connectivity index (χ3v) is 1.57. The van der Waals surface area contributed by atoms with Gasteiger partial charge in [-0.1, -0.05) is 13.8 Å². The summed E-state index contributed by atoms with van der Waals surface area (Å²) in [6, 6.07) is 0.730. The number of nitrogens with one attached hydrogen (secondary N) is 1. The van der Waals surface area contributed by atoms with E-state index in [9.17, 15) is 0 Å². The van der Waals surface area contributed by atoms with E-state index in [1.54, 1.807) is 0 Å². The molecule has 2 fully saturated rings. The maximum atomic E-state index is 5.29. The van der Waals surface area contributed by atoms with Gasteiger partial charge in [-0.05, 0) is 6.42 Å². The van der Waals surface area contributed by atoms with Gasteiger partial charge in [0, 0.05) is 12.6 Å². The summed E-state index contributed by atoms with van der Waals surface area (Å²) in [6.07, 6.45) is 1.84. The molecule has 1 N–H and O–H groups in total. The van der Waals surface area contributed by atoms with E-state index in [4.69, 9.17) is 4.74 Å². The third kappa shape index (κ3) is 1.66. The Bertz CT molecular complexity index is 75.0. The number of ether oxygens (including phenoxy) is 1. The van der Waals surface area contributed by atoms with Crippen LogP contribution in [0.5, 0.6) is 0 Å². The van der Waals surface area contributed by atoms with Gasteiger partial charge in [-0.3, -0.25) is 0 Å². The minimum absolute atomic E-state index is 0.591. The first-order valence-corrected chi connectivity index (χ1v) is 3.82. The molecule has 1 aliphatic heterocycles. The standard InChI is InChI=1S/C5H9NO.C2H6/c1-2-7-5-3-4(5)6-1;1-2/h4-6H,1-3H2;1-2H3. The van der Waals surface area contributed by atoms with Crippen molar-refractivity contribution >= 4 is 0 Å². The highest BCUT2D eigenvalue weighted by Crippen LogP contribution is 2.26. The lowest BCUT2D eigenvalue weighted by Crippen LogP contribution is -2.30. The van der Waals surface area contributed by atoms with E-state index in [0.717, 1.165) is 19.2 Å². The number of rotatable bonds is 0. The summed E-state index contributed by atoms with van der Waals surface area (Å²) in [7, 11) is 0. The molecule has 0 radical (unpaired) electrons. The molecule has 0 aromatic carbocycles. The maximum absolute atomic E-state index is 5.29. The Morgan fingerprint density at radius 1 is 1.44 bits per heavy atom. The molecule has 1 aliphatic carbocycles. The molecule has 0 amide bonds. The summed E-state index contributed by atoms with van der Waals surface area (Å²) in [5.41, 5.74) is 0. The SMILES string of the molecule is C1COC2CC2N1.CC. The monoisotopic (exact) mass is 129 g/mol. The average molecular weight is 129 g/mol. The van der Waals surface area contributed by atoms with Gasteiger partial charge in [0.15, 0.2) is 0 Å². The molecule has 1 saturated carbocycles. The number of hydrogen-bond donors (Lipinski definition) is 1. The van der Waals surface area contributed by atoms with Crippen molar-refractivity contribution in [2.24, 2.45) is 0 Å². The fourth-order valence-electron chi connectivity index (χ4n) is 1.03. The Balaban J connectivity index is 0.000000186. The van der Waals surface area contributed by atoms with Crippen molar-refractivity contribution in [2.45, 2.75) is 32.4 Å². The molecule has 1 saturated heterocycles. The lowest BCUT2D eigenvalue weighted by atomic mass is 10.5. The summed E-state index contributed by atoms with van der Waals surface area (Å²) >= 11 is 0. The Morgan fingerprint density at radius 3 is 2.67 bits per heavy atom. The molecule has 0 bridgehead atoms. The summed E-state index contributed by atoms with van der Waals surface area (Å²) < 4.78 is 5.29. The molecular formula is C7H15NO. The van der Waals surface area contributed by atoms with E-state index in [2.05, 4.69) is 5.32 Å². The zero-order valence-corrected chi connectivity index (χ0v) is 6.18. The molecule has 2 aliphatic rings. The van der Waals surface area contributed by atoms with Crippen LogP contribution in [0.3, 0.4) is 0 Å². The van der Waals surface area contributed by atoms with Gasteiger partial charge in [0.2, 0.25) is 0 Å². The van der Waals surface area contributed by atoms with Crippen LogP contribution in [0, 0.1) is 0 Å². The van der Waals surface area contributed by atoms with Crippen LogP contribution in [0.15, 0.2) is 0 Å². The van der Waals surface area contributed by atoms with Gasteiger partial charge in [-0.15, -0.1) is 0 Å². The van der Waals surface area contributed by atoms with Crippen LogP contribution in [-0.4, -0.2) is 25.3 Å². The highest BCUT2D eigenvalue weighted by atomic mass is 16.5. The van der Waals surface area contributed by atoms with Crippen molar-refractivity contribution in [3.63, 3.8) is 0 Å². The summed E-state index contributed by atoms with van der Waals surface area (Å²) in [4.78, 5) is 0. The van der Waals surface area contributed by atoms with Crippen molar-refractivity contribution < 1.29 is 4.74 Å². The Hall–Kier alpha value is -0.0800. The second-order valence-electron chi connectivity index (χ2n) is 2.21. The zero-order chi connectivity index (χ0) is 6.69. The molecule has 0 spiro atoms. The van der Waals surface area contributed by atoms with Crippen molar-refractivity contribution in [1.29, 1.82) is 0 Å². The summed E-state index contributed by atoms with van der Waals surface area (Å²) in [5, 5.41) is 3.33. The normalized spacial score (nSPS) is 38.0. The van der Waals surface area contributed by atoms with Crippen molar-refractivity contribution in [2.75, 3.05) is 13.2 Å². The molecule has 2 unspecified atom stereocenters. The molecular weight excluding hydrogens is 114 g/mol. The van der Waals surface area contributed by atoms with Gasteiger partial charge in [-0.25, -0.2) is 0 Å². The topological polar surface area (TPSA) is 21.3 Å². The van der Waals surface area contributed by atoms with E-state index in [1.807, 2.05) is 13.8 Å². The minimum Gasteiger partial charge on any atom is -0.375 e. The molecule has 2 rings (SSSR count). The molecule has 9 heavy (non-hydrogen) atoms. The van der Waals surface area contributed by atoms with Crippen LogP contribution in [0.4, 0.5) is 0 Å². The van der Waals surface area contributed by atoms with Crippen LogP contribution in [-0.2, 0) is 4.74 Å². The van der Waals surface area contributed by atoms with E-state index in [1.165, 1.54) is 6.42 Å². The first-order chi connectivity index (χ1) is 4.47. The summed E-state index contributed by atoms with van der Waals surface area (Å²) in [6.45, 7) is 5.97. The molecule has 2 nitrogen and oxygen atoms in total. The molecule has 2 heteroatoms. The van der Waals surface area contributed by atoms with E-state index < -0.39 is 0 Å². The smallest absolute Gasteiger partial charge is 0.0745 e. The van der Waals surface area contributed by atoms with Crippen molar-refractivity contribution in [3.8, 4) is 0 Å². The van der Waals surface area contributed by atoms with Crippen LogP contribution >= 0.6 is 0 Å². The molecule has 0 aromatic heterocycles. The molecule has 0 aromatic rings. The van der Waals surface area contributed by atoms with Crippen LogP contribution in [0.2, 0.25) is 0 Å². The molecule has 1 heterocycles. The van der Waals surface area contributed by atoms with Gasteiger partial charge >= 0.3 is 0 Å². The minimum atomic E-state index is 0.591. The van der Waals surface area contributed by atoms with Crippen LogP contribution in [0.25, 0.3) is 0 Å². The first kappa shape index (κ1) is 7.03. The number of morpholine rings is 1. The summed E-state index contributed by atoms with van der Waals surface area (Å²) in [5.74, 6) is 0. The van der Waals surface area contributed by atoms with E-state index in [0.29, 0.717) is 6.10 Å². The highest BCUT2D eigenvalue weighted by molar-refractivity contribution is 4.96. The van der Waals surface area contributed by atoms with Gasteiger partial charge in [0.25, 0.3) is 0 Å². The Labute approximate surface area is 56.6 Å². The quantitative estimate of drug-likeness (QED) is 0.521.